The monoisotopic (exact) mass is 169 g/mol. The molecule has 0 bridgehead atoms. The first-order chi connectivity index (χ1) is 5.36. The van der Waals surface area contributed by atoms with E-state index in [0.717, 1.165) is 11.8 Å². The van der Waals surface area contributed by atoms with Gasteiger partial charge in [-0.05, 0) is 31.1 Å². The van der Waals surface area contributed by atoms with Crippen LogP contribution in [-0.2, 0) is 0 Å². The average molecular weight is 169 g/mol. The summed E-state index contributed by atoms with van der Waals surface area (Å²) in [5, 5.41) is 0.620. The minimum absolute atomic E-state index is 0.620. The van der Waals surface area contributed by atoms with Crippen LogP contribution in [0, 0.1) is 11.8 Å². The van der Waals surface area contributed by atoms with Crippen molar-refractivity contribution in [2.45, 2.75) is 50.2 Å². The Morgan fingerprint density at radius 2 is 1.55 bits per heavy atom. The predicted molar refractivity (Wildman–Crippen MR) is 50.7 cm³/mol. The van der Waals surface area contributed by atoms with E-state index in [0.29, 0.717) is 5.25 Å². The van der Waals surface area contributed by atoms with Gasteiger partial charge < -0.3 is 0 Å². The molecule has 2 aliphatic carbocycles. The lowest BCUT2D eigenvalue weighted by Gasteiger charge is -2.37. The molecule has 2 saturated carbocycles. The zero-order chi connectivity index (χ0) is 7.68. The summed E-state index contributed by atoms with van der Waals surface area (Å²) in [6, 6.07) is 0. The number of hydrogen-bond acceptors (Lipinski definition) is 0. The number of fused-ring (bicyclic) bond motifs is 1. The fourth-order valence-electron chi connectivity index (χ4n) is 2.83. The third-order valence-corrected chi connectivity index (χ3v) is 3.92. The zero-order valence-corrected chi connectivity index (χ0v) is 7.91. The van der Waals surface area contributed by atoms with Crippen LogP contribution in [0.5, 0.6) is 0 Å². The average Bonchev–Trinajstić information content (AvgIpc) is 2.04. The highest BCUT2D eigenvalue weighted by atomic mass is 32.1. The van der Waals surface area contributed by atoms with Crippen molar-refractivity contribution in [3.63, 3.8) is 0 Å². The Labute approximate surface area is 75.2 Å². The molecular formula is C10H17S. The molecule has 1 heteroatoms. The van der Waals surface area contributed by atoms with Gasteiger partial charge in [-0.25, -0.2) is 0 Å². The second-order valence-electron chi connectivity index (χ2n) is 4.24. The highest BCUT2D eigenvalue weighted by molar-refractivity contribution is 7.80. The normalized spacial score (nSPS) is 45.0. The second kappa shape index (κ2) is 3.38. The maximum Gasteiger partial charge on any atom is 0.0154 e. The van der Waals surface area contributed by atoms with Crippen LogP contribution in [0.1, 0.15) is 44.9 Å². The molecule has 1 radical (unpaired) electrons. The Morgan fingerprint density at radius 1 is 0.818 bits per heavy atom. The molecule has 63 valence electrons. The van der Waals surface area contributed by atoms with Crippen LogP contribution in [0.4, 0.5) is 0 Å². The van der Waals surface area contributed by atoms with E-state index in [9.17, 15) is 0 Å². The lowest BCUT2D eigenvalue weighted by molar-refractivity contribution is 0.175. The lowest BCUT2D eigenvalue weighted by atomic mass is 9.71. The third kappa shape index (κ3) is 1.74. The van der Waals surface area contributed by atoms with Crippen molar-refractivity contribution in [2.24, 2.45) is 11.8 Å². The van der Waals surface area contributed by atoms with Crippen molar-refractivity contribution < 1.29 is 0 Å². The minimum Gasteiger partial charge on any atom is -0.0904 e. The maximum absolute atomic E-state index is 5.36. The first-order valence-corrected chi connectivity index (χ1v) is 5.49. The molecule has 0 aliphatic heterocycles. The van der Waals surface area contributed by atoms with Gasteiger partial charge in [0.05, 0.1) is 0 Å². The van der Waals surface area contributed by atoms with Crippen molar-refractivity contribution in [2.75, 3.05) is 0 Å². The molecule has 0 N–H and O–H groups in total. The van der Waals surface area contributed by atoms with E-state index in [1.807, 2.05) is 0 Å². The van der Waals surface area contributed by atoms with Crippen LogP contribution in [0.3, 0.4) is 0 Å². The number of rotatable bonds is 0. The van der Waals surface area contributed by atoms with Crippen molar-refractivity contribution in [3.8, 4) is 0 Å². The van der Waals surface area contributed by atoms with E-state index in [1.165, 1.54) is 44.9 Å². The topological polar surface area (TPSA) is 0 Å². The van der Waals surface area contributed by atoms with E-state index < -0.39 is 0 Å². The molecule has 0 nitrogen and oxygen atoms in total. The number of hydrogen-bond donors (Lipinski definition) is 0. The fraction of sp³-hybridized carbons (Fsp3) is 1.00. The SMILES string of the molecule is [S]C1CCC2CCCCC2C1. The van der Waals surface area contributed by atoms with Crippen LogP contribution >= 0.6 is 12.6 Å². The molecule has 0 aromatic heterocycles. The molecule has 2 rings (SSSR count). The second-order valence-corrected chi connectivity index (χ2v) is 4.91. The van der Waals surface area contributed by atoms with Gasteiger partial charge >= 0.3 is 0 Å². The first kappa shape index (κ1) is 7.97. The third-order valence-electron chi connectivity index (χ3n) is 3.49. The summed E-state index contributed by atoms with van der Waals surface area (Å²) in [4.78, 5) is 0. The molecule has 0 aromatic rings. The highest BCUT2D eigenvalue weighted by Crippen LogP contribution is 2.41. The van der Waals surface area contributed by atoms with Crippen molar-refractivity contribution >= 4 is 12.6 Å². The Kier molecular flexibility index (Phi) is 2.45. The van der Waals surface area contributed by atoms with E-state index >= 15 is 0 Å². The van der Waals surface area contributed by atoms with Crippen molar-refractivity contribution in [1.82, 2.24) is 0 Å². The summed E-state index contributed by atoms with van der Waals surface area (Å²) in [5.74, 6) is 2.10. The van der Waals surface area contributed by atoms with Gasteiger partial charge in [0, 0.05) is 5.25 Å². The summed E-state index contributed by atoms with van der Waals surface area (Å²) < 4.78 is 0. The summed E-state index contributed by atoms with van der Waals surface area (Å²) in [6.45, 7) is 0. The predicted octanol–water partition coefficient (Wildman–Crippen LogP) is 3.54. The molecule has 2 aliphatic rings. The van der Waals surface area contributed by atoms with Gasteiger partial charge in [0.15, 0.2) is 0 Å². The van der Waals surface area contributed by atoms with Gasteiger partial charge in [-0.15, -0.1) is 0 Å². The Hall–Kier alpha value is 0.350. The quantitative estimate of drug-likeness (QED) is 0.520. The zero-order valence-electron chi connectivity index (χ0n) is 7.09. The summed E-state index contributed by atoms with van der Waals surface area (Å²) in [6.07, 6.45) is 10.1. The van der Waals surface area contributed by atoms with Gasteiger partial charge in [0.1, 0.15) is 0 Å². The molecule has 2 fully saturated rings. The molecule has 0 saturated heterocycles. The minimum atomic E-state index is 0.620. The molecular weight excluding hydrogens is 152 g/mol. The van der Waals surface area contributed by atoms with E-state index in [1.54, 1.807) is 0 Å². The summed E-state index contributed by atoms with van der Waals surface area (Å²) in [7, 11) is 0. The molecule has 0 aromatic carbocycles. The van der Waals surface area contributed by atoms with Crippen LogP contribution in [0.15, 0.2) is 0 Å². The summed E-state index contributed by atoms with van der Waals surface area (Å²) in [5.41, 5.74) is 0. The molecule has 0 amide bonds. The molecule has 3 unspecified atom stereocenters. The molecule has 0 heterocycles. The summed E-state index contributed by atoms with van der Waals surface area (Å²) >= 11 is 5.36. The Balaban J connectivity index is 1.93. The van der Waals surface area contributed by atoms with Crippen molar-refractivity contribution in [3.05, 3.63) is 0 Å². The van der Waals surface area contributed by atoms with Gasteiger partial charge in [-0.1, -0.05) is 38.3 Å². The Bertz CT molecular complexity index is 133. The van der Waals surface area contributed by atoms with Crippen LogP contribution in [-0.4, -0.2) is 5.25 Å². The van der Waals surface area contributed by atoms with Crippen molar-refractivity contribution in [1.29, 1.82) is 0 Å². The molecule has 3 atom stereocenters. The standard InChI is InChI=1S/C10H17S/c11-10-6-5-8-3-1-2-4-9(8)7-10/h8-10H,1-7H2. The first-order valence-electron chi connectivity index (χ1n) is 5.02. The van der Waals surface area contributed by atoms with Crippen LogP contribution in [0.25, 0.3) is 0 Å². The fourth-order valence-corrected chi connectivity index (χ4v) is 3.21. The lowest BCUT2D eigenvalue weighted by Crippen LogP contribution is -2.27. The van der Waals surface area contributed by atoms with Gasteiger partial charge in [-0.2, -0.15) is 0 Å². The van der Waals surface area contributed by atoms with E-state index in [-0.39, 0.29) is 0 Å². The van der Waals surface area contributed by atoms with E-state index in [2.05, 4.69) is 0 Å². The highest BCUT2D eigenvalue weighted by Gasteiger charge is 2.30. The largest absolute Gasteiger partial charge is 0.0904 e. The van der Waals surface area contributed by atoms with Gasteiger partial charge in [-0.3, -0.25) is 0 Å². The van der Waals surface area contributed by atoms with Crippen LogP contribution in [0.2, 0.25) is 0 Å². The Morgan fingerprint density at radius 3 is 2.36 bits per heavy atom. The maximum atomic E-state index is 5.36. The molecule has 11 heavy (non-hydrogen) atoms. The van der Waals surface area contributed by atoms with Gasteiger partial charge in [0.2, 0.25) is 0 Å². The van der Waals surface area contributed by atoms with E-state index in [4.69, 9.17) is 12.6 Å². The van der Waals surface area contributed by atoms with Crippen LogP contribution < -0.4 is 0 Å². The van der Waals surface area contributed by atoms with Gasteiger partial charge in [0.25, 0.3) is 0 Å². The smallest absolute Gasteiger partial charge is 0.0154 e. The molecule has 0 spiro atoms.